The first-order valence-corrected chi connectivity index (χ1v) is 10.2. The first-order valence-electron chi connectivity index (χ1n) is 10.2. The van der Waals surface area contributed by atoms with Gasteiger partial charge in [-0.1, -0.05) is 36.4 Å². The quantitative estimate of drug-likeness (QED) is 0.439. The molecule has 6 N–H and O–H groups in total. The molecule has 3 unspecified atom stereocenters. The van der Waals surface area contributed by atoms with E-state index in [1.165, 1.54) is 0 Å². The highest BCUT2D eigenvalue weighted by Gasteiger charge is 2.93. The van der Waals surface area contributed by atoms with E-state index in [1.807, 2.05) is 39.8 Å². The van der Waals surface area contributed by atoms with Gasteiger partial charge in [-0.25, -0.2) is 0 Å². The van der Waals surface area contributed by atoms with Crippen LogP contribution in [0.15, 0.2) is 36.4 Å². The molecule has 0 heterocycles. The van der Waals surface area contributed by atoms with Crippen LogP contribution in [0.25, 0.3) is 0 Å². The molecule has 7 atom stereocenters. The second kappa shape index (κ2) is 6.60. The van der Waals surface area contributed by atoms with Gasteiger partial charge in [0.25, 0.3) is 0 Å². The van der Waals surface area contributed by atoms with Crippen LogP contribution in [0.4, 0.5) is 0 Å². The van der Waals surface area contributed by atoms with Crippen molar-refractivity contribution in [2.24, 2.45) is 0 Å². The average molecular weight is 414 g/mol. The molecule has 4 rings (SSSR count). The lowest BCUT2D eigenvalue weighted by atomic mass is 9.30. The van der Waals surface area contributed by atoms with Crippen LogP contribution in [0.5, 0.6) is 0 Å². The van der Waals surface area contributed by atoms with Gasteiger partial charge >= 0.3 is 0 Å². The van der Waals surface area contributed by atoms with Crippen molar-refractivity contribution in [2.45, 2.75) is 68.5 Å². The molecule has 2 saturated carbocycles. The van der Waals surface area contributed by atoms with E-state index >= 15 is 0 Å². The normalized spacial score (nSPS) is 38.4. The first kappa shape index (κ1) is 21.4. The SMILES string of the molecule is Cc1ccc(C2C(O)[C@@]3(O)C(c4ccc(C)c(C)c4)[C@@](O)([C@H](O)CO)[C@@]23O)cc1C. The summed E-state index contributed by atoms with van der Waals surface area (Å²) >= 11 is 0. The minimum Gasteiger partial charge on any atom is -0.394 e. The number of aryl methyl sites for hydroxylation is 4. The van der Waals surface area contributed by atoms with E-state index in [1.54, 1.807) is 24.3 Å². The maximum Gasteiger partial charge on any atom is 0.138 e. The Bertz CT molecular complexity index is 1000. The molecule has 30 heavy (non-hydrogen) atoms. The van der Waals surface area contributed by atoms with Gasteiger partial charge in [-0.3, -0.25) is 0 Å². The van der Waals surface area contributed by atoms with Crippen LogP contribution in [0.1, 0.15) is 45.2 Å². The maximum atomic E-state index is 11.6. The summed E-state index contributed by atoms with van der Waals surface area (Å²) in [6.07, 6.45) is -3.07. The zero-order chi connectivity index (χ0) is 22.2. The van der Waals surface area contributed by atoms with Gasteiger partial charge in [0, 0.05) is 5.92 Å². The Morgan fingerprint density at radius 2 is 1.33 bits per heavy atom. The first-order chi connectivity index (χ1) is 14.0. The van der Waals surface area contributed by atoms with E-state index in [-0.39, 0.29) is 0 Å². The van der Waals surface area contributed by atoms with Crippen molar-refractivity contribution >= 4 is 0 Å². The Hall–Kier alpha value is -1.80. The van der Waals surface area contributed by atoms with Gasteiger partial charge in [-0.15, -0.1) is 0 Å². The number of rotatable bonds is 4. The van der Waals surface area contributed by atoms with Gasteiger partial charge < -0.3 is 30.6 Å². The van der Waals surface area contributed by atoms with E-state index in [0.29, 0.717) is 11.1 Å². The van der Waals surface area contributed by atoms with Crippen LogP contribution in [0.3, 0.4) is 0 Å². The number of benzene rings is 2. The Morgan fingerprint density at radius 3 is 1.83 bits per heavy atom. The molecule has 2 aliphatic rings. The zero-order valence-corrected chi connectivity index (χ0v) is 17.7. The molecule has 6 heteroatoms. The minimum absolute atomic E-state index is 0.484. The van der Waals surface area contributed by atoms with Gasteiger partial charge in [0.2, 0.25) is 0 Å². The Labute approximate surface area is 176 Å². The van der Waals surface area contributed by atoms with E-state index in [2.05, 4.69) is 0 Å². The molecule has 162 valence electrons. The Balaban J connectivity index is 1.87. The van der Waals surface area contributed by atoms with Gasteiger partial charge in [-0.05, 0) is 61.1 Å². The lowest BCUT2D eigenvalue weighted by molar-refractivity contribution is -0.459. The largest absolute Gasteiger partial charge is 0.394 e. The van der Waals surface area contributed by atoms with Crippen LogP contribution in [-0.4, -0.2) is 66.3 Å². The fraction of sp³-hybridized carbons (Fsp3) is 0.500. The number of hydrogen-bond donors (Lipinski definition) is 6. The summed E-state index contributed by atoms with van der Waals surface area (Å²) in [7, 11) is 0. The molecule has 2 aliphatic carbocycles. The summed E-state index contributed by atoms with van der Waals surface area (Å²) < 4.78 is 0. The molecular formula is C24H30O6. The number of aliphatic hydroxyl groups is 6. The van der Waals surface area contributed by atoms with E-state index in [0.717, 1.165) is 22.3 Å². The third-order valence-electron chi connectivity index (χ3n) is 7.75. The van der Waals surface area contributed by atoms with Crippen LogP contribution in [0, 0.1) is 27.7 Å². The summed E-state index contributed by atoms with van der Waals surface area (Å²) in [5.41, 5.74) is -1.62. The van der Waals surface area contributed by atoms with E-state index in [9.17, 15) is 30.6 Å². The molecule has 2 aromatic rings. The Morgan fingerprint density at radius 1 is 0.833 bits per heavy atom. The van der Waals surface area contributed by atoms with Crippen molar-refractivity contribution in [3.63, 3.8) is 0 Å². The standard InChI is InChI=1S/C24H30O6/c1-12-5-7-16(9-14(12)3)19-21(27)23(29)20(17-8-6-13(2)15(4)10-17)22(28,18(26)11-25)24(19,23)30/h5-10,18-21,25-30H,11H2,1-4H3/t18-,19?,20?,21?,22+,23+,24+/m1/s1. The monoisotopic (exact) mass is 414 g/mol. The molecule has 0 radical (unpaired) electrons. The Kier molecular flexibility index (Phi) is 4.71. The van der Waals surface area contributed by atoms with E-state index in [4.69, 9.17) is 0 Å². The van der Waals surface area contributed by atoms with Crippen LogP contribution >= 0.6 is 0 Å². The molecular weight excluding hydrogens is 384 g/mol. The number of hydrogen-bond acceptors (Lipinski definition) is 6. The lowest BCUT2D eigenvalue weighted by Gasteiger charge is -2.80. The van der Waals surface area contributed by atoms with Gasteiger partial charge in [0.1, 0.15) is 22.9 Å². The second-order valence-corrected chi connectivity index (χ2v) is 9.16. The molecule has 0 aliphatic heterocycles. The van der Waals surface area contributed by atoms with Crippen molar-refractivity contribution in [1.29, 1.82) is 0 Å². The predicted octanol–water partition coefficient (Wildman–Crippen LogP) is 0.722. The highest BCUT2D eigenvalue weighted by molar-refractivity contribution is 5.56. The predicted molar refractivity (Wildman–Crippen MR) is 111 cm³/mol. The van der Waals surface area contributed by atoms with Gasteiger partial charge in [0.05, 0.1) is 18.6 Å². The molecule has 2 aromatic carbocycles. The molecule has 6 nitrogen and oxygen atoms in total. The molecule has 2 fully saturated rings. The van der Waals surface area contributed by atoms with Crippen molar-refractivity contribution in [3.05, 3.63) is 69.8 Å². The summed E-state index contributed by atoms with van der Waals surface area (Å²) in [6.45, 7) is 6.84. The smallest absolute Gasteiger partial charge is 0.138 e. The highest BCUT2D eigenvalue weighted by atomic mass is 16.5. The van der Waals surface area contributed by atoms with Crippen LogP contribution in [-0.2, 0) is 0 Å². The van der Waals surface area contributed by atoms with Gasteiger partial charge in [0.15, 0.2) is 0 Å². The molecule has 0 spiro atoms. The fourth-order valence-corrected chi connectivity index (χ4v) is 5.72. The number of fused-ring (bicyclic) bond motifs is 1. The topological polar surface area (TPSA) is 121 Å². The third kappa shape index (κ3) is 2.24. The minimum atomic E-state index is -2.25. The second-order valence-electron chi connectivity index (χ2n) is 9.16. The molecule has 0 aromatic heterocycles. The van der Waals surface area contributed by atoms with Crippen molar-refractivity contribution in [2.75, 3.05) is 6.61 Å². The summed E-state index contributed by atoms with van der Waals surface area (Å²) in [4.78, 5) is 0. The summed E-state index contributed by atoms with van der Waals surface area (Å²) in [5, 5.41) is 65.9. The fourth-order valence-electron chi connectivity index (χ4n) is 5.72. The number of aliphatic hydroxyl groups excluding tert-OH is 3. The average Bonchev–Trinajstić information content (AvgIpc) is 2.72. The zero-order valence-electron chi connectivity index (χ0n) is 17.7. The summed E-state index contributed by atoms with van der Waals surface area (Å²) in [5.74, 6) is -2.19. The van der Waals surface area contributed by atoms with Crippen molar-refractivity contribution in [3.8, 4) is 0 Å². The molecule has 0 saturated heterocycles. The van der Waals surface area contributed by atoms with Crippen molar-refractivity contribution < 1.29 is 30.6 Å². The summed E-state index contributed by atoms with van der Waals surface area (Å²) in [6, 6.07) is 10.7. The third-order valence-corrected chi connectivity index (χ3v) is 7.75. The van der Waals surface area contributed by atoms with Crippen LogP contribution < -0.4 is 0 Å². The van der Waals surface area contributed by atoms with E-state index < -0.39 is 47.5 Å². The lowest BCUT2D eigenvalue weighted by Crippen LogP contribution is -2.99. The van der Waals surface area contributed by atoms with Crippen LogP contribution in [0.2, 0.25) is 0 Å². The maximum absolute atomic E-state index is 11.6. The molecule has 0 amide bonds. The van der Waals surface area contributed by atoms with Crippen molar-refractivity contribution in [1.82, 2.24) is 0 Å². The highest BCUT2D eigenvalue weighted by Crippen LogP contribution is 2.75. The molecule has 0 bridgehead atoms. The van der Waals surface area contributed by atoms with Gasteiger partial charge in [-0.2, -0.15) is 0 Å².